The van der Waals surface area contributed by atoms with Gasteiger partial charge in [0.25, 0.3) is 5.91 Å². The molecule has 1 unspecified atom stereocenters. The number of carbonyl (C=O) groups excluding carboxylic acids is 2. The Hall–Kier alpha value is -2.04. The molecule has 0 bridgehead atoms. The first-order chi connectivity index (χ1) is 11.0. The molecule has 1 aliphatic rings. The number of amides is 1. The molecule has 0 spiro atoms. The summed E-state index contributed by atoms with van der Waals surface area (Å²) in [6, 6.07) is 5.20. The van der Waals surface area contributed by atoms with Crippen LogP contribution in [0.15, 0.2) is 18.2 Å². The van der Waals surface area contributed by atoms with Crippen LogP contribution < -0.4 is 11.1 Å². The molecule has 1 saturated carbocycles. The van der Waals surface area contributed by atoms with Crippen LogP contribution in [0.5, 0.6) is 0 Å². The van der Waals surface area contributed by atoms with Crippen LogP contribution in [0.4, 0.5) is 5.69 Å². The summed E-state index contributed by atoms with van der Waals surface area (Å²) in [5.41, 5.74) is 7.60. The standard InChI is InChI=1S/C18H26N2O3/c1-12-9-10-14(11-16(12)19)18(22)23-13(2)17(21)20-15-7-5-3-4-6-8-15/h9-11,13,15H,3-8,19H2,1-2H3,(H,20,21). The summed E-state index contributed by atoms with van der Waals surface area (Å²) in [7, 11) is 0. The molecule has 5 heteroatoms. The van der Waals surface area contributed by atoms with Crippen LogP contribution >= 0.6 is 0 Å². The highest BCUT2D eigenvalue weighted by Gasteiger charge is 2.22. The minimum Gasteiger partial charge on any atom is -0.449 e. The van der Waals surface area contributed by atoms with E-state index in [4.69, 9.17) is 10.5 Å². The van der Waals surface area contributed by atoms with Crippen molar-refractivity contribution in [3.05, 3.63) is 29.3 Å². The number of benzene rings is 1. The first-order valence-electron chi connectivity index (χ1n) is 8.35. The second-order valence-corrected chi connectivity index (χ2v) is 6.32. The van der Waals surface area contributed by atoms with Crippen molar-refractivity contribution >= 4 is 17.6 Å². The van der Waals surface area contributed by atoms with Gasteiger partial charge in [0.1, 0.15) is 0 Å². The van der Waals surface area contributed by atoms with E-state index in [2.05, 4.69) is 5.32 Å². The Morgan fingerprint density at radius 1 is 1.22 bits per heavy atom. The first-order valence-corrected chi connectivity index (χ1v) is 8.35. The van der Waals surface area contributed by atoms with Crippen LogP contribution in [0.3, 0.4) is 0 Å². The van der Waals surface area contributed by atoms with Gasteiger partial charge in [0.15, 0.2) is 6.10 Å². The number of esters is 1. The van der Waals surface area contributed by atoms with Crippen LogP contribution in [-0.4, -0.2) is 24.0 Å². The number of hydrogen-bond donors (Lipinski definition) is 2. The van der Waals surface area contributed by atoms with E-state index in [1.165, 1.54) is 12.8 Å². The molecular weight excluding hydrogens is 292 g/mol. The summed E-state index contributed by atoms with van der Waals surface area (Å²) in [5, 5.41) is 3.00. The zero-order chi connectivity index (χ0) is 16.8. The Morgan fingerprint density at radius 2 is 1.87 bits per heavy atom. The van der Waals surface area contributed by atoms with E-state index in [9.17, 15) is 9.59 Å². The Kier molecular flexibility index (Phi) is 6.02. The molecule has 1 aliphatic carbocycles. The molecule has 0 heterocycles. The molecule has 23 heavy (non-hydrogen) atoms. The number of nitrogens with one attached hydrogen (secondary N) is 1. The first kappa shape index (κ1) is 17.3. The Morgan fingerprint density at radius 3 is 2.48 bits per heavy atom. The predicted molar refractivity (Wildman–Crippen MR) is 90.1 cm³/mol. The third-order valence-electron chi connectivity index (χ3n) is 4.37. The highest BCUT2D eigenvalue weighted by Crippen LogP contribution is 2.18. The lowest BCUT2D eigenvalue weighted by molar-refractivity contribution is -0.129. The summed E-state index contributed by atoms with van der Waals surface area (Å²) in [4.78, 5) is 24.3. The van der Waals surface area contributed by atoms with Crippen molar-refractivity contribution in [1.29, 1.82) is 0 Å². The van der Waals surface area contributed by atoms with Crippen molar-refractivity contribution in [3.63, 3.8) is 0 Å². The molecule has 1 aromatic carbocycles. The molecule has 126 valence electrons. The lowest BCUT2D eigenvalue weighted by Gasteiger charge is -2.19. The lowest BCUT2D eigenvalue weighted by atomic mass is 10.1. The Bertz CT molecular complexity index is 563. The van der Waals surface area contributed by atoms with Gasteiger partial charge >= 0.3 is 5.97 Å². The average molecular weight is 318 g/mol. The molecule has 1 fully saturated rings. The predicted octanol–water partition coefficient (Wildman–Crippen LogP) is 2.96. The molecule has 3 N–H and O–H groups in total. The number of anilines is 1. The maximum atomic E-state index is 12.2. The van der Waals surface area contributed by atoms with E-state index in [1.807, 2.05) is 6.92 Å². The van der Waals surface area contributed by atoms with Crippen molar-refractivity contribution in [2.24, 2.45) is 0 Å². The molecule has 0 saturated heterocycles. The van der Waals surface area contributed by atoms with Gasteiger partial charge in [-0.3, -0.25) is 4.79 Å². The molecule has 0 radical (unpaired) electrons. The SMILES string of the molecule is Cc1ccc(C(=O)OC(C)C(=O)NC2CCCCCC2)cc1N. The Labute approximate surface area is 137 Å². The summed E-state index contributed by atoms with van der Waals surface area (Å²) < 4.78 is 5.26. The van der Waals surface area contributed by atoms with Gasteiger partial charge in [-0.25, -0.2) is 4.79 Å². The van der Waals surface area contributed by atoms with Gasteiger partial charge in [-0.2, -0.15) is 0 Å². The minimum atomic E-state index is -0.812. The van der Waals surface area contributed by atoms with Crippen LogP contribution in [0.2, 0.25) is 0 Å². The summed E-state index contributed by atoms with van der Waals surface area (Å²) in [5.74, 6) is -0.759. The van der Waals surface area contributed by atoms with Gasteiger partial charge in [-0.05, 0) is 44.4 Å². The summed E-state index contributed by atoms with van der Waals surface area (Å²) in [6.07, 6.45) is 5.93. The minimum absolute atomic E-state index is 0.196. The van der Waals surface area contributed by atoms with Gasteiger partial charge in [0.2, 0.25) is 0 Å². The highest BCUT2D eigenvalue weighted by molar-refractivity contribution is 5.93. The topological polar surface area (TPSA) is 81.4 Å². The number of nitrogens with two attached hydrogens (primary N) is 1. The lowest BCUT2D eigenvalue weighted by Crippen LogP contribution is -2.41. The van der Waals surface area contributed by atoms with Crippen molar-refractivity contribution < 1.29 is 14.3 Å². The maximum Gasteiger partial charge on any atom is 0.338 e. The van der Waals surface area contributed by atoms with Crippen LogP contribution in [0, 0.1) is 6.92 Å². The summed E-state index contributed by atoms with van der Waals surface area (Å²) >= 11 is 0. The van der Waals surface area contributed by atoms with Gasteiger partial charge < -0.3 is 15.8 Å². The molecule has 1 aromatic rings. The van der Waals surface area contributed by atoms with Crippen molar-refractivity contribution in [2.45, 2.75) is 64.5 Å². The van der Waals surface area contributed by atoms with Crippen LogP contribution in [-0.2, 0) is 9.53 Å². The van der Waals surface area contributed by atoms with Crippen molar-refractivity contribution in [1.82, 2.24) is 5.32 Å². The third-order valence-corrected chi connectivity index (χ3v) is 4.37. The fourth-order valence-corrected chi connectivity index (χ4v) is 2.79. The number of carbonyl (C=O) groups is 2. The Balaban J connectivity index is 1.89. The quantitative estimate of drug-likeness (QED) is 0.508. The van der Waals surface area contributed by atoms with Crippen molar-refractivity contribution in [2.75, 3.05) is 5.73 Å². The molecule has 0 aliphatic heterocycles. The fourth-order valence-electron chi connectivity index (χ4n) is 2.79. The largest absolute Gasteiger partial charge is 0.449 e. The fraction of sp³-hybridized carbons (Fsp3) is 0.556. The third kappa shape index (κ3) is 4.98. The zero-order valence-corrected chi connectivity index (χ0v) is 13.9. The van der Waals surface area contributed by atoms with Gasteiger partial charge in [0.05, 0.1) is 5.56 Å². The van der Waals surface area contributed by atoms with Crippen LogP contribution in [0.25, 0.3) is 0 Å². The second-order valence-electron chi connectivity index (χ2n) is 6.32. The van der Waals surface area contributed by atoms with E-state index in [1.54, 1.807) is 25.1 Å². The van der Waals surface area contributed by atoms with Gasteiger partial charge in [0, 0.05) is 11.7 Å². The zero-order valence-electron chi connectivity index (χ0n) is 13.9. The molecular formula is C18H26N2O3. The van der Waals surface area contributed by atoms with Crippen molar-refractivity contribution in [3.8, 4) is 0 Å². The highest BCUT2D eigenvalue weighted by atomic mass is 16.5. The maximum absolute atomic E-state index is 12.2. The van der Waals surface area contributed by atoms with Gasteiger partial charge in [-0.1, -0.05) is 31.7 Å². The normalized spacial score (nSPS) is 17.1. The number of nitrogen functional groups attached to an aromatic ring is 1. The number of hydrogen-bond acceptors (Lipinski definition) is 4. The van der Waals surface area contributed by atoms with Gasteiger partial charge in [-0.15, -0.1) is 0 Å². The van der Waals surface area contributed by atoms with Crippen LogP contribution in [0.1, 0.15) is 61.4 Å². The average Bonchev–Trinajstić information content (AvgIpc) is 2.78. The van der Waals surface area contributed by atoms with E-state index < -0.39 is 12.1 Å². The molecule has 1 amide bonds. The van der Waals surface area contributed by atoms with E-state index in [0.717, 1.165) is 31.2 Å². The molecule has 5 nitrogen and oxygen atoms in total. The number of rotatable bonds is 4. The molecule has 1 atom stereocenters. The number of ether oxygens (including phenoxy) is 1. The smallest absolute Gasteiger partial charge is 0.338 e. The van der Waals surface area contributed by atoms with E-state index in [0.29, 0.717) is 11.3 Å². The van der Waals surface area contributed by atoms with E-state index >= 15 is 0 Å². The molecule has 0 aromatic heterocycles. The monoisotopic (exact) mass is 318 g/mol. The second kappa shape index (κ2) is 7.99. The van der Waals surface area contributed by atoms with E-state index in [-0.39, 0.29) is 11.9 Å². The number of aryl methyl sites for hydroxylation is 1. The summed E-state index contributed by atoms with van der Waals surface area (Å²) in [6.45, 7) is 3.47. The molecule has 2 rings (SSSR count).